The van der Waals surface area contributed by atoms with Gasteiger partial charge in [-0.15, -0.1) is 0 Å². The molecule has 4 rings (SSSR count). The summed E-state index contributed by atoms with van der Waals surface area (Å²) in [6.07, 6.45) is 0.148. The fraction of sp³-hybridized carbons (Fsp3) is 0.429. The van der Waals surface area contributed by atoms with Gasteiger partial charge in [0.15, 0.2) is 0 Å². The van der Waals surface area contributed by atoms with Crippen molar-refractivity contribution in [2.75, 3.05) is 13.1 Å². The van der Waals surface area contributed by atoms with E-state index >= 15 is 0 Å². The minimum atomic E-state index is -4.49. The fourth-order valence-electron chi connectivity index (χ4n) is 3.20. The second-order valence-corrected chi connectivity index (χ2v) is 5.54. The second-order valence-electron chi connectivity index (χ2n) is 5.54. The Balaban J connectivity index is 2.05. The molecule has 1 unspecified atom stereocenters. The van der Waals surface area contributed by atoms with E-state index in [-0.39, 0.29) is 11.6 Å². The number of halogens is 3. The summed E-state index contributed by atoms with van der Waals surface area (Å²) in [5, 5.41) is 3.84. The Kier molecular flexibility index (Phi) is 2.90. The molecule has 1 aliphatic rings. The number of alkyl halides is 3. The van der Waals surface area contributed by atoms with Gasteiger partial charge in [-0.2, -0.15) is 13.2 Å². The number of fused-ring (bicyclic) bond motifs is 3. The molecule has 3 aromatic rings. The summed E-state index contributed by atoms with van der Waals surface area (Å²) < 4.78 is 41.7. The molecule has 1 fully saturated rings. The second kappa shape index (κ2) is 4.70. The number of hydrogen-bond acceptors (Lipinski definition) is 3. The van der Waals surface area contributed by atoms with Crippen molar-refractivity contribution in [1.29, 1.82) is 0 Å². The number of aromatic nitrogens is 4. The lowest BCUT2D eigenvalue weighted by molar-refractivity contribution is -0.147. The van der Waals surface area contributed by atoms with Crippen molar-refractivity contribution in [3.8, 4) is 0 Å². The van der Waals surface area contributed by atoms with E-state index in [1.165, 1.54) is 10.8 Å². The van der Waals surface area contributed by atoms with E-state index in [2.05, 4.69) is 20.3 Å². The van der Waals surface area contributed by atoms with Crippen LogP contribution in [-0.4, -0.2) is 32.6 Å². The number of piperidine rings is 1. The van der Waals surface area contributed by atoms with Gasteiger partial charge in [0.05, 0.1) is 11.7 Å². The number of aromatic amines is 1. The van der Waals surface area contributed by atoms with Gasteiger partial charge in [0.1, 0.15) is 11.2 Å². The molecular formula is C14H14F3N5. The summed E-state index contributed by atoms with van der Waals surface area (Å²) in [4.78, 5) is 10.9. The van der Waals surface area contributed by atoms with Crippen LogP contribution in [0.1, 0.15) is 24.7 Å². The predicted octanol–water partition coefficient (Wildman–Crippen LogP) is 2.86. The van der Waals surface area contributed by atoms with E-state index in [9.17, 15) is 13.2 Å². The minimum absolute atomic E-state index is 0.254. The summed E-state index contributed by atoms with van der Waals surface area (Å²) >= 11 is 0. The maximum Gasteiger partial charge on any atom is 0.449 e. The van der Waals surface area contributed by atoms with Crippen LogP contribution in [0.3, 0.4) is 0 Å². The van der Waals surface area contributed by atoms with Crippen LogP contribution >= 0.6 is 0 Å². The van der Waals surface area contributed by atoms with E-state index in [0.29, 0.717) is 29.5 Å². The third-order valence-corrected chi connectivity index (χ3v) is 4.12. The van der Waals surface area contributed by atoms with Crippen LogP contribution in [-0.2, 0) is 6.18 Å². The molecule has 5 nitrogen and oxygen atoms in total. The van der Waals surface area contributed by atoms with Crippen LogP contribution in [0.5, 0.6) is 0 Å². The molecule has 116 valence electrons. The Morgan fingerprint density at radius 3 is 2.91 bits per heavy atom. The SMILES string of the molecule is FC(F)(F)c1nc2cnc3[nH]ccc3c2n1C1CCCNC1. The molecule has 2 N–H and O–H groups in total. The number of pyridine rings is 1. The third-order valence-electron chi connectivity index (χ3n) is 4.12. The maximum absolute atomic E-state index is 13.4. The molecule has 0 bridgehead atoms. The van der Waals surface area contributed by atoms with Gasteiger partial charge < -0.3 is 14.9 Å². The van der Waals surface area contributed by atoms with E-state index in [0.717, 1.165) is 13.0 Å². The van der Waals surface area contributed by atoms with Crippen molar-refractivity contribution < 1.29 is 13.2 Å². The summed E-state index contributed by atoms with van der Waals surface area (Å²) in [7, 11) is 0. The molecule has 0 aromatic carbocycles. The topological polar surface area (TPSA) is 58.5 Å². The van der Waals surface area contributed by atoms with Crippen molar-refractivity contribution in [2.45, 2.75) is 25.1 Å². The molecule has 1 aliphatic heterocycles. The maximum atomic E-state index is 13.4. The lowest BCUT2D eigenvalue weighted by Crippen LogP contribution is -2.33. The first-order valence-corrected chi connectivity index (χ1v) is 7.17. The van der Waals surface area contributed by atoms with Crippen molar-refractivity contribution in [3.05, 3.63) is 24.3 Å². The normalized spacial score (nSPS) is 20.0. The van der Waals surface area contributed by atoms with Crippen LogP contribution in [0.15, 0.2) is 18.5 Å². The van der Waals surface area contributed by atoms with Gasteiger partial charge in [0.2, 0.25) is 5.82 Å². The van der Waals surface area contributed by atoms with Crippen LogP contribution in [0, 0.1) is 0 Å². The molecule has 0 aliphatic carbocycles. The first kappa shape index (κ1) is 13.6. The summed E-state index contributed by atoms with van der Waals surface area (Å²) in [6.45, 7) is 1.36. The zero-order valence-electron chi connectivity index (χ0n) is 11.6. The Morgan fingerprint density at radius 1 is 1.32 bits per heavy atom. The lowest BCUT2D eigenvalue weighted by Gasteiger charge is -2.26. The van der Waals surface area contributed by atoms with Crippen LogP contribution in [0.25, 0.3) is 22.1 Å². The van der Waals surface area contributed by atoms with Crippen LogP contribution in [0.4, 0.5) is 13.2 Å². The van der Waals surface area contributed by atoms with Gasteiger partial charge in [0, 0.05) is 24.2 Å². The van der Waals surface area contributed by atoms with Crippen molar-refractivity contribution >= 4 is 22.1 Å². The lowest BCUT2D eigenvalue weighted by atomic mass is 10.1. The van der Waals surface area contributed by atoms with Crippen molar-refractivity contribution in [2.24, 2.45) is 0 Å². The zero-order valence-corrected chi connectivity index (χ0v) is 11.6. The molecule has 1 atom stereocenters. The smallest absolute Gasteiger partial charge is 0.346 e. The molecule has 0 saturated carbocycles. The van der Waals surface area contributed by atoms with E-state index in [4.69, 9.17) is 0 Å². The standard InChI is InChI=1S/C14H14F3N5/c15-14(16,17)13-21-10-7-20-12-9(3-5-19-12)11(10)22(13)8-2-1-4-18-6-8/h3,5,7-8,18H,1-2,4,6H2,(H,19,20). The highest BCUT2D eigenvalue weighted by Crippen LogP contribution is 2.37. The predicted molar refractivity (Wildman–Crippen MR) is 75.5 cm³/mol. The van der Waals surface area contributed by atoms with Gasteiger partial charge in [-0.3, -0.25) is 0 Å². The Hall–Kier alpha value is -2.09. The van der Waals surface area contributed by atoms with Gasteiger partial charge >= 0.3 is 6.18 Å². The molecule has 22 heavy (non-hydrogen) atoms. The van der Waals surface area contributed by atoms with Crippen molar-refractivity contribution in [3.63, 3.8) is 0 Å². The average molecular weight is 309 g/mol. The number of nitrogens with zero attached hydrogens (tertiary/aromatic N) is 3. The molecular weight excluding hydrogens is 295 g/mol. The number of rotatable bonds is 1. The Labute approximate surface area is 123 Å². The summed E-state index contributed by atoms with van der Waals surface area (Å²) in [6, 6.07) is 1.50. The van der Waals surface area contributed by atoms with Gasteiger partial charge in [-0.25, -0.2) is 9.97 Å². The molecule has 4 heterocycles. The largest absolute Gasteiger partial charge is 0.449 e. The number of H-pyrrole nitrogens is 1. The summed E-state index contributed by atoms with van der Waals surface area (Å²) in [5.74, 6) is -0.841. The highest BCUT2D eigenvalue weighted by Gasteiger charge is 2.40. The van der Waals surface area contributed by atoms with Crippen molar-refractivity contribution in [1.82, 2.24) is 24.8 Å². The van der Waals surface area contributed by atoms with Crippen LogP contribution < -0.4 is 5.32 Å². The highest BCUT2D eigenvalue weighted by molar-refractivity contribution is 6.01. The minimum Gasteiger partial charge on any atom is -0.346 e. The fourth-order valence-corrected chi connectivity index (χ4v) is 3.20. The molecule has 0 amide bonds. The molecule has 1 saturated heterocycles. The first-order valence-electron chi connectivity index (χ1n) is 7.17. The Bertz CT molecular complexity index is 826. The van der Waals surface area contributed by atoms with Gasteiger partial charge in [0.25, 0.3) is 0 Å². The highest BCUT2D eigenvalue weighted by atomic mass is 19.4. The molecule has 0 radical (unpaired) electrons. The number of hydrogen-bond donors (Lipinski definition) is 2. The number of imidazole rings is 1. The molecule has 0 spiro atoms. The quantitative estimate of drug-likeness (QED) is 0.727. The Morgan fingerprint density at radius 2 is 2.18 bits per heavy atom. The third kappa shape index (κ3) is 1.98. The summed E-state index contributed by atoms with van der Waals surface area (Å²) in [5.41, 5.74) is 1.36. The van der Waals surface area contributed by atoms with Gasteiger partial charge in [-0.1, -0.05) is 0 Å². The monoisotopic (exact) mass is 309 g/mol. The zero-order chi connectivity index (χ0) is 15.3. The number of nitrogens with one attached hydrogen (secondary N) is 2. The molecule has 3 aromatic heterocycles. The van der Waals surface area contributed by atoms with E-state index in [1.807, 2.05) is 0 Å². The van der Waals surface area contributed by atoms with Gasteiger partial charge in [-0.05, 0) is 25.5 Å². The first-order chi connectivity index (χ1) is 10.6. The average Bonchev–Trinajstić information content (AvgIpc) is 3.11. The van der Waals surface area contributed by atoms with Crippen LogP contribution in [0.2, 0.25) is 0 Å². The van der Waals surface area contributed by atoms with E-state index in [1.54, 1.807) is 12.3 Å². The molecule has 8 heteroatoms. The van der Waals surface area contributed by atoms with E-state index < -0.39 is 12.0 Å².